The van der Waals surface area contributed by atoms with Gasteiger partial charge in [0.25, 0.3) is 5.91 Å². The van der Waals surface area contributed by atoms with Crippen LogP contribution in [0, 0.1) is 6.92 Å². The van der Waals surface area contributed by atoms with Gasteiger partial charge in [0.1, 0.15) is 12.4 Å². The smallest absolute Gasteiger partial charge is 0.251 e. The standard InChI is InChI=1S/C17H27NO2.C16H23ClN4O2/c1-18(16-8-4-3-5-9-16)14-15-7-6-10-17(13-15)20-12-11-19-2;1-5-20-14-7-11(17)6-12(9(14)2)16(23)21-8-13(15(18)22)10(3)19-4/h6-7,10,13,16H,3-5,8-9,11-12,14H2,1-2H3;6-7,19-20H,5,8H2,1-4H3,(H2,18,22)(H,21,23)/b;13-10-. The van der Waals surface area contributed by atoms with Gasteiger partial charge in [-0.1, -0.05) is 43.0 Å². The van der Waals surface area contributed by atoms with E-state index in [1.54, 1.807) is 33.2 Å². The number of nitrogens with two attached hydrogens (primary N) is 1. The number of primary amides is 1. The molecule has 2 aromatic rings. The molecule has 0 atom stereocenters. The molecule has 1 fully saturated rings. The van der Waals surface area contributed by atoms with Crippen LogP contribution in [0.2, 0.25) is 5.02 Å². The Balaban J connectivity index is 0.000000303. The Kier molecular flexibility index (Phi) is 16.0. The molecule has 0 bridgehead atoms. The van der Waals surface area contributed by atoms with Crippen LogP contribution in [0.3, 0.4) is 0 Å². The van der Waals surface area contributed by atoms with E-state index in [-0.39, 0.29) is 12.5 Å². The Bertz CT molecular complexity index is 1210. The van der Waals surface area contributed by atoms with E-state index in [9.17, 15) is 9.59 Å². The largest absolute Gasteiger partial charge is 0.491 e. The number of nitrogens with one attached hydrogen (secondary N) is 3. The summed E-state index contributed by atoms with van der Waals surface area (Å²) in [7, 11) is 5.62. The van der Waals surface area contributed by atoms with Crippen molar-refractivity contribution in [3.8, 4) is 5.75 Å². The molecule has 3 rings (SSSR count). The number of amides is 2. The highest BCUT2D eigenvalue weighted by Gasteiger charge is 2.18. The summed E-state index contributed by atoms with van der Waals surface area (Å²) < 4.78 is 10.7. The topological polar surface area (TPSA) is 118 Å². The zero-order chi connectivity index (χ0) is 31.8. The molecule has 43 heavy (non-hydrogen) atoms. The van der Waals surface area contributed by atoms with Gasteiger partial charge in [-0.15, -0.1) is 0 Å². The number of ether oxygens (including phenoxy) is 2. The quantitative estimate of drug-likeness (QED) is 0.169. The molecule has 238 valence electrons. The molecule has 0 spiro atoms. The van der Waals surface area contributed by atoms with Crippen LogP contribution in [0.4, 0.5) is 5.69 Å². The number of carbonyl (C=O) groups is 2. The lowest BCUT2D eigenvalue weighted by Crippen LogP contribution is -2.32. The molecule has 2 aromatic carbocycles. The van der Waals surface area contributed by atoms with E-state index in [1.807, 2.05) is 19.9 Å². The van der Waals surface area contributed by atoms with Crippen LogP contribution in [-0.4, -0.2) is 70.3 Å². The van der Waals surface area contributed by atoms with Gasteiger partial charge in [0, 0.05) is 55.3 Å². The first-order valence-corrected chi connectivity index (χ1v) is 15.4. The zero-order valence-corrected chi connectivity index (χ0v) is 27.4. The Morgan fingerprint density at radius 1 is 1.12 bits per heavy atom. The molecule has 1 aliphatic carbocycles. The highest BCUT2D eigenvalue weighted by molar-refractivity contribution is 6.31. The molecule has 1 saturated carbocycles. The molecule has 1 aliphatic rings. The van der Waals surface area contributed by atoms with Crippen molar-refractivity contribution in [2.45, 2.75) is 65.5 Å². The number of methoxy groups -OCH3 is 1. The van der Waals surface area contributed by atoms with Gasteiger partial charge >= 0.3 is 0 Å². The van der Waals surface area contributed by atoms with Crippen LogP contribution in [-0.2, 0) is 16.1 Å². The first-order chi connectivity index (χ1) is 20.6. The third-order valence-corrected chi connectivity index (χ3v) is 7.84. The second-order valence-electron chi connectivity index (χ2n) is 10.8. The molecular formula is C33H50ClN5O4. The van der Waals surface area contributed by atoms with E-state index in [2.05, 4.69) is 46.1 Å². The number of carbonyl (C=O) groups excluding carboxylic acids is 2. The van der Waals surface area contributed by atoms with E-state index in [1.165, 1.54) is 37.7 Å². The molecule has 0 saturated heterocycles. The minimum atomic E-state index is -0.576. The van der Waals surface area contributed by atoms with Crippen molar-refractivity contribution in [3.05, 3.63) is 69.4 Å². The summed E-state index contributed by atoms with van der Waals surface area (Å²) in [6.07, 6.45) is 6.87. The Labute approximate surface area is 262 Å². The van der Waals surface area contributed by atoms with Crippen molar-refractivity contribution < 1.29 is 19.1 Å². The number of hydrogen-bond acceptors (Lipinski definition) is 7. The van der Waals surface area contributed by atoms with E-state index < -0.39 is 5.91 Å². The van der Waals surface area contributed by atoms with Gasteiger partial charge in [-0.3, -0.25) is 14.5 Å². The van der Waals surface area contributed by atoms with Gasteiger partial charge in [-0.2, -0.15) is 0 Å². The number of halogens is 1. The van der Waals surface area contributed by atoms with E-state index >= 15 is 0 Å². The lowest BCUT2D eigenvalue weighted by molar-refractivity contribution is -0.114. The molecule has 5 N–H and O–H groups in total. The van der Waals surface area contributed by atoms with Crippen molar-refractivity contribution in [2.75, 3.05) is 52.8 Å². The lowest BCUT2D eigenvalue weighted by atomic mass is 9.94. The summed E-state index contributed by atoms with van der Waals surface area (Å²) >= 11 is 6.07. The van der Waals surface area contributed by atoms with Crippen molar-refractivity contribution in [1.82, 2.24) is 15.5 Å². The van der Waals surface area contributed by atoms with Crippen molar-refractivity contribution in [2.24, 2.45) is 5.73 Å². The summed E-state index contributed by atoms with van der Waals surface area (Å²) in [5, 5.41) is 9.19. The highest BCUT2D eigenvalue weighted by atomic mass is 35.5. The monoisotopic (exact) mass is 615 g/mol. The maximum Gasteiger partial charge on any atom is 0.251 e. The maximum atomic E-state index is 12.4. The van der Waals surface area contributed by atoms with E-state index in [0.29, 0.717) is 35.1 Å². The first kappa shape index (κ1) is 35.9. The summed E-state index contributed by atoms with van der Waals surface area (Å²) in [4.78, 5) is 26.4. The lowest BCUT2D eigenvalue weighted by Gasteiger charge is -2.31. The van der Waals surface area contributed by atoms with Crippen LogP contribution in [0.25, 0.3) is 0 Å². The molecule has 0 radical (unpaired) electrons. The number of benzene rings is 2. The van der Waals surface area contributed by atoms with Crippen LogP contribution in [0.15, 0.2) is 47.7 Å². The normalized spacial score (nSPS) is 13.9. The predicted octanol–water partition coefficient (Wildman–Crippen LogP) is 5.27. The zero-order valence-electron chi connectivity index (χ0n) is 26.6. The van der Waals surface area contributed by atoms with Gasteiger partial charge in [0.05, 0.1) is 18.7 Å². The number of anilines is 1. The molecule has 2 amide bonds. The number of allylic oxidation sites excluding steroid dienone is 1. The summed E-state index contributed by atoms with van der Waals surface area (Å²) in [5.74, 6) is 0.0525. The molecule has 10 heteroatoms. The number of hydrogen-bond donors (Lipinski definition) is 4. The Morgan fingerprint density at radius 3 is 2.47 bits per heavy atom. The fourth-order valence-corrected chi connectivity index (χ4v) is 5.24. The molecule has 0 aromatic heterocycles. The second kappa shape index (κ2) is 19.1. The van der Waals surface area contributed by atoms with Gasteiger partial charge in [-0.05, 0) is 76.1 Å². The average Bonchev–Trinajstić information content (AvgIpc) is 2.99. The van der Waals surface area contributed by atoms with Gasteiger partial charge in [0.15, 0.2) is 0 Å². The fraction of sp³-hybridized carbons (Fsp3) is 0.515. The van der Waals surface area contributed by atoms with Gasteiger partial charge < -0.3 is 31.2 Å². The van der Waals surface area contributed by atoms with Crippen LogP contribution >= 0.6 is 11.6 Å². The van der Waals surface area contributed by atoms with Crippen LogP contribution in [0.1, 0.15) is 67.4 Å². The maximum absolute atomic E-state index is 12.4. The summed E-state index contributed by atoms with van der Waals surface area (Å²) in [6, 6.07) is 12.5. The number of nitrogens with zero attached hydrogens (tertiary/aromatic N) is 1. The Hall–Kier alpha value is -3.27. The molecule has 0 heterocycles. The minimum Gasteiger partial charge on any atom is -0.491 e. The predicted molar refractivity (Wildman–Crippen MR) is 176 cm³/mol. The van der Waals surface area contributed by atoms with Gasteiger partial charge in [0.2, 0.25) is 5.91 Å². The second-order valence-corrected chi connectivity index (χ2v) is 11.2. The average molecular weight is 616 g/mol. The first-order valence-electron chi connectivity index (χ1n) is 15.0. The molecular weight excluding hydrogens is 566 g/mol. The number of rotatable bonds is 14. The summed E-state index contributed by atoms with van der Waals surface area (Å²) in [6.45, 7) is 8.54. The fourth-order valence-electron chi connectivity index (χ4n) is 5.02. The third kappa shape index (κ3) is 12.1. The van der Waals surface area contributed by atoms with Crippen molar-refractivity contribution in [3.63, 3.8) is 0 Å². The third-order valence-electron chi connectivity index (χ3n) is 7.62. The van der Waals surface area contributed by atoms with Crippen LogP contribution < -0.4 is 26.4 Å². The van der Waals surface area contributed by atoms with E-state index in [0.717, 1.165) is 36.1 Å². The van der Waals surface area contributed by atoms with Crippen molar-refractivity contribution >= 4 is 29.1 Å². The van der Waals surface area contributed by atoms with Crippen LogP contribution in [0.5, 0.6) is 5.75 Å². The van der Waals surface area contributed by atoms with Crippen molar-refractivity contribution in [1.29, 1.82) is 0 Å². The minimum absolute atomic E-state index is 0.0450. The SMILES string of the molecule is CCNc1cc(Cl)cc(C(=O)NC/C(C(N)=O)=C(\C)NC)c1C.COCCOc1cccc(CN(C)C2CCCCC2)c1. The van der Waals surface area contributed by atoms with Gasteiger partial charge in [-0.25, -0.2) is 0 Å². The molecule has 0 unspecified atom stereocenters. The highest BCUT2D eigenvalue weighted by Crippen LogP contribution is 2.25. The Morgan fingerprint density at radius 2 is 1.84 bits per heavy atom. The summed E-state index contributed by atoms with van der Waals surface area (Å²) in [5.41, 5.74) is 9.67. The molecule has 9 nitrogen and oxygen atoms in total. The van der Waals surface area contributed by atoms with E-state index in [4.69, 9.17) is 26.8 Å². The molecule has 0 aliphatic heterocycles.